The molecular formula is C11H12N4S. The molecule has 0 aromatic carbocycles. The number of pyridine rings is 1. The van der Waals surface area contributed by atoms with Gasteiger partial charge in [-0.25, -0.2) is 0 Å². The van der Waals surface area contributed by atoms with Crippen LogP contribution >= 0.6 is 12.2 Å². The lowest BCUT2D eigenvalue weighted by atomic mass is 10.2. The number of aromatic amines is 1. The Hall–Kier alpha value is -1.49. The average molecular weight is 232 g/mol. The van der Waals surface area contributed by atoms with Crippen LogP contribution in [-0.2, 0) is 0 Å². The van der Waals surface area contributed by atoms with E-state index in [0.717, 1.165) is 17.1 Å². The van der Waals surface area contributed by atoms with E-state index in [9.17, 15) is 0 Å². The summed E-state index contributed by atoms with van der Waals surface area (Å²) in [4.78, 5) is 4.38. The van der Waals surface area contributed by atoms with Crippen LogP contribution in [0.15, 0.2) is 18.3 Å². The summed E-state index contributed by atoms with van der Waals surface area (Å²) in [6.07, 6.45) is 4.16. The highest BCUT2D eigenvalue weighted by Gasteiger charge is 2.28. The van der Waals surface area contributed by atoms with Crippen LogP contribution in [0.25, 0.3) is 11.5 Å². The smallest absolute Gasteiger partial charge is 0.195 e. The molecule has 1 saturated carbocycles. The maximum atomic E-state index is 5.25. The van der Waals surface area contributed by atoms with Gasteiger partial charge in [-0.15, -0.1) is 0 Å². The van der Waals surface area contributed by atoms with Crippen molar-refractivity contribution in [2.45, 2.75) is 25.8 Å². The second-order valence-corrected chi connectivity index (χ2v) is 4.51. The van der Waals surface area contributed by atoms with E-state index in [2.05, 4.69) is 19.7 Å². The molecular weight excluding hydrogens is 220 g/mol. The van der Waals surface area contributed by atoms with Crippen LogP contribution in [0.2, 0.25) is 0 Å². The topological polar surface area (TPSA) is 46.5 Å². The molecule has 0 aliphatic heterocycles. The predicted octanol–water partition coefficient (Wildman–Crippen LogP) is 2.65. The van der Waals surface area contributed by atoms with Crippen molar-refractivity contribution in [3.05, 3.63) is 28.7 Å². The highest BCUT2D eigenvalue weighted by atomic mass is 32.1. The van der Waals surface area contributed by atoms with Crippen LogP contribution < -0.4 is 0 Å². The Morgan fingerprint density at radius 2 is 2.31 bits per heavy atom. The predicted molar refractivity (Wildman–Crippen MR) is 63.7 cm³/mol. The summed E-state index contributed by atoms with van der Waals surface area (Å²) in [6, 6.07) is 4.49. The van der Waals surface area contributed by atoms with E-state index in [1.54, 1.807) is 6.20 Å². The fraction of sp³-hybridized carbons (Fsp3) is 0.364. The molecule has 0 amide bonds. The van der Waals surface area contributed by atoms with Gasteiger partial charge in [-0.1, -0.05) is 6.07 Å². The monoisotopic (exact) mass is 232 g/mol. The normalized spacial score (nSPS) is 15.3. The van der Waals surface area contributed by atoms with Gasteiger partial charge in [0.05, 0.1) is 0 Å². The second kappa shape index (κ2) is 3.52. The van der Waals surface area contributed by atoms with Crippen LogP contribution in [0.1, 0.15) is 24.4 Å². The quantitative estimate of drug-likeness (QED) is 0.810. The molecule has 4 nitrogen and oxygen atoms in total. The SMILES string of the molecule is Cc1cccnc1-c1n[nH]c(=S)n1C1CC1. The number of H-pyrrole nitrogens is 1. The first-order valence-corrected chi connectivity index (χ1v) is 5.77. The number of aryl methyl sites for hydroxylation is 1. The molecule has 0 saturated heterocycles. The Morgan fingerprint density at radius 1 is 1.50 bits per heavy atom. The molecule has 1 aliphatic rings. The number of hydrogen-bond acceptors (Lipinski definition) is 3. The zero-order chi connectivity index (χ0) is 11.1. The van der Waals surface area contributed by atoms with Gasteiger partial charge >= 0.3 is 0 Å². The third-order valence-electron chi connectivity index (χ3n) is 2.84. The molecule has 0 spiro atoms. The molecule has 16 heavy (non-hydrogen) atoms. The van der Waals surface area contributed by atoms with Crippen LogP contribution in [0, 0.1) is 11.7 Å². The van der Waals surface area contributed by atoms with Gasteiger partial charge in [0.15, 0.2) is 10.6 Å². The largest absolute Gasteiger partial charge is 0.296 e. The van der Waals surface area contributed by atoms with Crippen molar-refractivity contribution < 1.29 is 0 Å². The van der Waals surface area contributed by atoms with Crippen LogP contribution in [0.4, 0.5) is 0 Å². The zero-order valence-corrected chi connectivity index (χ0v) is 9.79. The van der Waals surface area contributed by atoms with Crippen molar-refractivity contribution >= 4 is 12.2 Å². The van der Waals surface area contributed by atoms with Crippen molar-refractivity contribution in [1.82, 2.24) is 19.7 Å². The fourth-order valence-corrected chi connectivity index (χ4v) is 2.14. The Morgan fingerprint density at radius 3 is 3.00 bits per heavy atom. The van der Waals surface area contributed by atoms with Crippen molar-refractivity contribution in [2.24, 2.45) is 0 Å². The lowest BCUT2D eigenvalue weighted by Gasteiger charge is -2.05. The molecule has 5 heteroatoms. The van der Waals surface area contributed by atoms with Crippen LogP contribution in [-0.4, -0.2) is 19.7 Å². The molecule has 2 aromatic rings. The number of nitrogens with zero attached hydrogens (tertiary/aromatic N) is 3. The van der Waals surface area contributed by atoms with E-state index in [4.69, 9.17) is 12.2 Å². The lowest BCUT2D eigenvalue weighted by Crippen LogP contribution is -2.00. The second-order valence-electron chi connectivity index (χ2n) is 4.12. The zero-order valence-electron chi connectivity index (χ0n) is 8.97. The number of hydrogen-bond donors (Lipinski definition) is 1. The van der Waals surface area contributed by atoms with Crippen LogP contribution in [0.5, 0.6) is 0 Å². The molecule has 82 valence electrons. The minimum absolute atomic E-state index is 0.516. The molecule has 0 atom stereocenters. The molecule has 2 heterocycles. The molecule has 1 N–H and O–H groups in total. The maximum Gasteiger partial charge on any atom is 0.195 e. The van der Waals surface area contributed by atoms with Gasteiger partial charge in [0.25, 0.3) is 0 Å². The van der Waals surface area contributed by atoms with Gasteiger partial charge in [0.2, 0.25) is 0 Å². The number of rotatable bonds is 2. The van der Waals surface area contributed by atoms with E-state index >= 15 is 0 Å². The van der Waals surface area contributed by atoms with Crippen molar-refractivity contribution in [1.29, 1.82) is 0 Å². The molecule has 0 radical (unpaired) electrons. The van der Waals surface area contributed by atoms with E-state index in [0.29, 0.717) is 10.8 Å². The Labute approximate surface area is 98.3 Å². The molecule has 2 aromatic heterocycles. The van der Waals surface area contributed by atoms with Crippen LogP contribution in [0.3, 0.4) is 0 Å². The van der Waals surface area contributed by atoms with Gasteiger partial charge in [-0.2, -0.15) is 5.10 Å². The maximum absolute atomic E-state index is 5.25. The summed E-state index contributed by atoms with van der Waals surface area (Å²) in [5.41, 5.74) is 2.04. The Kier molecular flexibility index (Phi) is 2.14. The van der Waals surface area contributed by atoms with Crippen molar-refractivity contribution in [2.75, 3.05) is 0 Å². The third kappa shape index (κ3) is 1.48. The fourth-order valence-electron chi connectivity index (χ4n) is 1.86. The third-order valence-corrected chi connectivity index (χ3v) is 3.13. The number of aromatic nitrogens is 4. The molecule has 1 fully saturated rings. The highest BCUT2D eigenvalue weighted by Crippen LogP contribution is 2.38. The van der Waals surface area contributed by atoms with Gasteiger partial charge in [0, 0.05) is 12.2 Å². The Bertz CT molecular complexity index is 580. The first-order valence-electron chi connectivity index (χ1n) is 5.36. The van der Waals surface area contributed by atoms with E-state index in [1.165, 1.54) is 12.8 Å². The highest BCUT2D eigenvalue weighted by molar-refractivity contribution is 7.71. The van der Waals surface area contributed by atoms with Gasteiger partial charge in [-0.3, -0.25) is 14.6 Å². The summed E-state index contributed by atoms with van der Waals surface area (Å²) in [6.45, 7) is 2.04. The summed E-state index contributed by atoms with van der Waals surface area (Å²) < 4.78 is 2.78. The van der Waals surface area contributed by atoms with E-state index in [-0.39, 0.29) is 0 Å². The Balaban J connectivity index is 2.20. The van der Waals surface area contributed by atoms with Gasteiger partial charge in [-0.05, 0) is 43.6 Å². The first-order chi connectivity index (χ1) is 7.77. The molecule has 1 aliphatic carbocycles. The van der Waals surface area contributed by atoms with E-state index in [1.807, 2.05) is 19.1 Å². The minimum Gasteiger partial charge on any atom is -0.296 e. The van der Waals surface area contributed by atoms with Crippen molar-refractivity contribution in [3.8, 4) is 11.5 Å². The summed E-state index contributed by atoms with van der Waals surface area (Å²) >= 11 is 5.25. The standard InChI is InChI=1S/C11H12N4S/c1-7-3-2-6-12-9(7)10-13-14-11(16)15(10)8-4-5-8/h2-3,6,8H,4-5H2,1H3,(H,14,16). The molecule has 0 unspecified atom stereocenters. The first kappa shape index (κ1) is 9.72. The summed E-state index contributed by atoms with van der Waals surface area (Å²) in [5.74, 6) is 0.866. The summed E-state index contributed by atoms with van der Waals surface area (Å²) in [7, 11) is 0. The summed E-state index contributed by atoms with van der Waals surface area (Å²) in [5, 5.41) is 7.15. The van der Waals surface area contributed by atoms with Gasteiger partial charge in [0.1, 0.15) is 5.69 Å². The molecule has 3 rings (SSSR count). The average Bonchev–Trinajstić information content (AvgIpc) is 3.04. The molecule has 0 bridgehead atoms. The van der Waals surface area contributed by atoms with Crippen molar-refractivity contribution in [3.63, 3.8) is 0 Å². The number of nitrogens with one attached hydrogen (secondary N) is 1. The lowest BCUT2D eigenvalue weighted by molar-refractivity contribution is 0.732. The van der Waals surface area contributed by atoms with E-state index < -0.39 is 0 Å². The van der Waals surface area contributed by atoms with Gasteiger partial charge < -0.3 is 0 Å². The minimum atomic E-state index is 0.516.